The van der Waals surface area contributed by atoms with Gasteiger partial charge >= 0.3 is 0 Å². The van der Waals surface area contributed by atoms with E-state index in [4.69, 9.17) is 0 Å². The summed E-state index contributed by atoms with van der Waals surface area (Å²) in [6.45, 7) is 0.679. The fraction of sp³-hybridized carbons (Fsp3) is 0.188. The Morgan fingerprint density at radius 3 is 2.80 bits per heavy atom. The number of thiazole rings is 1. The van der Waals surface area contributed by atoms with Crippen LogP contribution in [0.3, 0.4) is 0 Å². The van der Waals surface area contributed by atoms with E-state index in [0.29, 0.717) is 18.5 Å². The smallest absolute Gasteiger partial charge is 0.127 e. The van der Waals surface area contributed by atoms with E-state index in [1.165, 1.54) is 0 Å². The predicted octanol–water partition coefficient (Wildman–Crippen LogP) is 3.75. The Morgan fingerprint density at radius 1 is 1.20 bits per heavy atom. The zero-order valence-electron chi connectivity index (χ0n) is 11.2. The molecule has 2 nitrogen and oxygen atoms in total. The minimum absolute atomic E-state index is 0.156. The lowest BCUT2D eigenvalue weighted by Gasteiger charge is -2.04. The van der Waals surface area contributed by atoms with Crippen molar-refractivity contribution in [3.05, 3.63) is 64.4 Å². The predicted molar refractivity (Wildman–Crippen MR) is 81.6 cm³/mol. The van der Waals surface area contributed by atoms with Gasteiger partial charge < -0.3 is 5.32 Å². The molecule has 0 atom stereocenters. The van der Waals surface area contributed by atoms with Crippen molar-refractivity contribution in [2.24, 2.45) is 0 Å². The number of nitrogens with zero attached hydrogens (tertiary/aromatic N) is 1. The van der Waals surface area contributed by atoms with Gasteiger partial charge in [-0.1, -0.05) is 24.3 Å². The van der Waals surface area contributed by atoms with Crippen molar-refractivity contribution in [3.8, 4) is 0 Å². The highest BCUT2D eigenvalue weighted by Gasteiger charge is 2.08. The van der Waals surface area contributed by atoms with E-state index in [1.54, 1.807) is 17.4 Å². The summed E-state index contributed by atoms with van der Waals surface area (Å²) >= 11 is 1.63. The number of aromatic nitrogens is 1. The van der Waals surface area contributed by atoms with E-state index in [2.05, 4.69) is 10.3 Å². The molecule has 0 aliphatic carbocycles. The molecule has 0 spiro atoms. The van der Waals surface area contributed by atoms with Gasteiger partial charge in [-0.05, 0) is 36.4 Å². The zero-order valence-corrected chi connectivity index (χ0v) is 12.0. The second-order valence-electron chi connectivity index (χ2n) is 4.71. The molecule has 2 aromatic carbocycles. The molecule has 1 N–H and O–H groups in total. The number of halogens is 1. The van der Waals surface area contributed by atoms with Gasteiger partial charge in [0, 0.05) is 13.0 Å². The van der Waals surface area contributed by atoms with E-state index < -0.39 is 0 Å². The molecule has 1 heterocycles. The van der Waals surface area contributed by atoms with Gasteiger partial charge in [-0.2, -0.15) is 0 Å². The Bertz CT molecular complexity index is 703. The summed E-state index contributed by atoms with van der Waals surface area (Å²) in [5, 5.41) is 3.97. The minimum atomic E-state index is -0.156. The Labute approximate surface area is 121 Å². The van der Waals surface area contributed by atoms with Gasteiger partial charge in [-0.15, -0.1) is 11.3 Å². The molecular weight excluding hydrogens is 271 g/mol. The second-order valence-corrected chi connectivity index (χ2v) is 5.82. The average Bonchev–Trinajstić information content (AvgIpc) is 2.84. The molecule has 20 heavy (non-hydrogen) atoms. The molecule has 0 aliphatic heterocycles. The van der Waals surface area contributed by atoms with Crippen LogP contribution < -0.4 is 5.32 Å². The zero-order chi connectivity index (χ0) is 13.9. The highest BCUT2D eigenvalue weighted by Crippen LogP contribution is 2.24. The summed E-state index contributed by atoms with van der Waals surface area (Å²) in [7, 11) is 1.85. The van der Waals surface area contributed by atoms with Crippen molar-refractivity contribution in [1.29, 1.82) is 0 Å². The highest BCUT2D eigenvalue weighted by atomic mass is 32.1. The summed E-state index contributed by atoms with van der Waals surface area (Å²) < 4.78 is 15.2. The first kappa shape index (κ1) is 13.2. The van der Waals surface area contributed by atoms with Gasteiger partial charge in [0.25, 0.3) is 0 Å². The van der Waals surface area contributed by atoms with Crippen LogP contribution in [0.5, 0.6) is 0 Å². The third-order valence-electron chi connectivity index (χ3n) is 3.18. The molecular formula is C16H15FN2S. The monoisotopic (exact) mass is 286 g/mol. The van der Waals surface area contributed by atoms with E-state index in [-0.39, 0.29) is 5.82 Å². The van der Waals surface area contributed by atoms with E-state index >= 15 is 0 Å². The largest absolute Gasteiger partial charge is 0.316 e. The molecule has 1 aromatic heterocycles. The van der Waals surface area contributed by atoms with Crippen molar-refractivity contribution in [2.45, 2.75) is 13.0 Å². The summed E-state index contributed by atoms with van der Waals surface area (Å²) in [6, 6.07) is 13.4. The lowest BCUT2D eigenvalue weighted by molar-refractivity contribution is 0.610. The lowest BCUT2D eigenvalue weighted by atomic mass is 10.1. The van der Waals surface area contributed by atoms with Gasteiger partial charge in [0.2, 0.25) is 0 Å². The van der Waals surface area contributed by atoms with Crippen LogP contribution in [0.25, 0.3) is 10.2 Å². The Morgan fingerprint density at radius 2 is 2.05 bits per heavy atom. The summed E-state index contributed by atoms with van der Waals surface area (Å²) in [5.74, 6) is -0.156. The van der Waals surface area contributed by atoms with Gasteiger partial charge in [-0.3, -0.25) is 0 Å². The number of hydrogen-bond donors (Lipinski definition) is 1. The number of hydrogen-bond acceptors (Lipinski definition) is 3. The Kier molecular flexibility index (Phi) is 3.76. The van der Waals surface area contributed by atoms with Crippen molar-refractivity contribution in [1.82, 2.24) is 10.3 Å². The van der Waals surface area contributed by atoms with Crippen LogP contribution in [0.4, 0.5) is 4.39 Å². The Balaban J connectivity index is 1.86. The van der Waals surface area contributed by atoms with Crippen molar-refractivity contribution in [3.63, 3.8) is 0 Å². The van der Waals surface area contributed by atoms with Crippen LogP contribution in [-0.4, -0.2) is 12.0 Å². The SMILES string of the molecule is CNCc1ccc(Cc2nc3ccccc3s2)c(F)c1. The van der Waals surface area contributed by atoms with Gasteiger partial charge in [-0.25, -0.2) is 9.37 Å². The molecule has 0 unspecified atom stereocenters. The highest BCUT2D eigenvalue weighted by molar-refractivity contribution is 7.18. The van der Waals surface area contributed by atoms with Crippen molar-refractivity contribution >= 4 is 21.6 Å². The average molecular weight is 286 g/mol. The fourth-order valence-electron chi connectivity index (χ4n) is 2.21. The number of para-hydroxylation sites is 1. The first-order chi connectivity index (χ1) is 9.76. The molecule has 0 bridgehead atoms. The van der Waals surface area contributed by atoms with Crippen LogP contribution in [0, 0.1) is 5.82 Å². The number of benzene rings is 2. The van der Waals surface area contributed by atoms with Crippen LogP contribution >= 0.6 is 11.3 Å². The molecule has 0 saturated carbocycles. The van der Waals surface area contributed by atoms with E-state index in [9.17, 15) is 4.39 Å². The third kappa shape index (κ3) is 2.71. The quantitative estimate of drug-likeness (QED) is 0.790. The minimum Gasteiger partial charge on any atom is -0.316 e. The van der Waals surface area contributed by atoms with E-state index in [0.717, 1.165) is 20.8 Å². The Hall–Kier alpha value is -1.78. The second kappa shape index (κ2) is 5.69. The first-order valence-corrected chi connectivity index (χ1v) is 7.34. The maximum atomic E-state index is 14.1. The molecule has 0 amide bonds. The number of rotatable bonds is 4. The van der Waals surface area contributed by atoms with Crippen LogP contribution in [0.15, 0.2) is 42.5 Å². The standard InChI is InChI=1S/C16H15FN2S/c1-18-10-11-6-7-12(13(17)8-11)9-16-19-14-4-2-3-5-15(14)20-16/h2-8,18H,9-10H2,1H3. The van der Waals surface area contributed by atoms with Crippen molar-refractivity contribution < 1.29 is 4.39 Å². The lowest BCUT2D eigenvalue weighted by Crippen LogP contribution is -2.05. The fourth-order valence-corrected chi connectivity index (χ4v) is 3.20. The van der Waals surface area contributed by atoms with Crippen molar-refractivity contribution in [2.75, 3.05) is 7.05 Å². The number of nitrogens with one attached hydrogen (secondary N) is 1. The first-order valence-electron chi connectivity index (χ1n) is 6.52. The third-order valence-corrected chi connectivity index (χ3v) is 4.21. The molecule has 0 fully saturated rings. The van der Waals surface area contributed by atoms with Gasteiger partial charge in [0.15, 0.2) is 0 Å². The topological polar surface area (TPSA) is 24.9 Å². The van der Waals surface area contributed by atoms with Crippen LogP contribution in [0.1, 0.15) is 16.1 Å². The maximum absolute atomic E-state index is 14.1. The molecule has 4 heteroatoms. The molecule has 102 valence electrons. The van der Waals surface area contributed by atoms with Crippen LogP contribution in [0.2, 0.25) is 0 Å². The molecule has 0 aliphatic rings. The molecule has 3 rings (SSSR count). The van der Waals surface area contributed by atoms with Gasteiger partial charge in [0.1, 0.15) is 5.82 Å². The van der Waals surface area contributed by atoms with Crippen LogP contribution in [-0.2, 0) is 13.0 Å². The molecule has 0 saturated heterocycles. The van der Waals surface area contributed by atoms with E-state index in [1.807, 2.05) is 43.4 Å². The summed E-state index contributed by atoms with van der Waals surface area (Å²) in [4.78, 5) is 4.55. The molecule has 0 radical (unpaired) electrons. The maximum Gasteiger partial charge on any atom is 0.127 e. The normalized spacial score (nSPS) is 11.1. The summed E-state index contributed by atoms with van der Waals surface area (Å²) in [6.07, 6.45) is 0.547. The van der Waals surface area contributed by atoms with Gasteiger partial charge in [0.05, 0.1) is 15.2 Å². The number of fused-ring (bicyclic) bond motifs is 1. The summed E-state index contributed by atoms with van der Waals surface area (Å²) in [5.41, 5.74) is 2.64. The molecule has 3 aromatic rings.